The highest BCUT2D eigenvalue weighted by atomic mass is 16.7. The van der Waals surface area contributed by atoms with E-state index in [1.165, 1.54) is 5.56 Å². The topological polar surface area (TPSA) is 83.7 Å². The van der Waals surface area contributed by atoms with Gasteiger partial charge in [0.05, 0.1) is 30.2 Å². The van der Waals surface area contributed by atoms with Gasteiger partial charge in [0.1, 0.15) is 6.61 Å². The standard InChI is InChI=1S/C29H33N5O3/c1-22-16-23(10-12-31-22)18-33(26-7-5-13-32(21-26)25-6-4-11-30-17-25)19-24-20-34(37-15-14-35)28-9-3-2-8-27(28)29(24)36/h2-4,6,8-12,16-17,20,26,35H,5,7,13-15,18-19,21H2,1H3/t26-/m0/s1. The summed E-state index contributed by atoms with van der Waals surface area (Å²) < 4.78 is 1.62. The van der Waals surface area contributed by atoms with Crippen molar-refractivity contribution < 1.29 is 9.94 Å². The first-order valence-corrected chi connectivity index (χ1v) is 12.8. The number of rotatable bonds is 9. The van der Waals surface area contributed by atoms with Crippen LogP contribution < -0.4 is 15.2 Å². The Hall–Kier alpha value is -3.75. The largest absolute Gasteiger partial charge is 0.411 e. The van der Waals surface area contributed by atoms with Gasteiger partial charge in [-0.1, -0.05) is 12.1 Å². The lowest BCUT2D eigenvalue weighted by atomic mass is 10.0. The lowest BCUT2D eigenvalue weighted by Crippen LogP contribution is -2.48. The zero-order valence-electron chi connectivity index (χ0n) is 21.2. The van der Waals surface area contributed by atoms with Crippen molar-refractivity contribution in [1.29, 1.82) is 0 Å². The van der Waals surface area contributed by atoms with Gasteiger partial charge < -0.3 is 14.8 Å². The number of aliphatic hydroxyl groups excluding tert-OH is 1. The highest BCUT2D eigenvalue weighted by Crippen LogP contribution is 2.25. The third-order valence-electron chi connectivity index (χ3n) is 6.92. The number of hydrogen-bond donors (Lipinski definition) is 1. The fraction of sp³-hybridized carbons (Fsp3) is 0.345. The summed E-state index contributed by atoms with van der Waals surface area (Å²) in [4.78, 5) is 32.8. The number of anilines is 1. The first-order valence-electron chi connectivity index (χ1n) is 12.8. The molecule has 37 heavy (non-hydrogen) atoms. The normalized spacial score (nSPS) is 15.9. The third-order valence-corrected chi connectivity index (χ3v) is 6.92. The smallest absolute Gasteiger partial charge is 0.194 e. The molecule has 192 valence electrons. The van der Waals surface area contributed by atoms with Crippen molar-refractivity contribution in [3.63, 3.8) is 0 Å². The van der Waals surface area contributed by atoms with E-state index in [0.29, 0.717) is 29.6 Å². The van der Waals surface area contributed by atoms with Gasteiger partial charge in [-0.15, -0.1) is 0 Å². The molecule has 0 unspecified atom stereocenters. The molecular formula is C29H33N5O3. The summed E-state index contributed by atoms with van der Waals surface area (Å²) in [6.45, 7) is 5.09. The molecule has 8 nitrogen and oxygen atoms in total. The molecule has 1 fully saturated rings. The lowest BCUT2D eigenvalue weighted by molar-refractivity contribution is 0.0808. The van der Waals surface area contributed by atoms with Crippen molar-refractivity contribution in [2.24, 2.45) is 0 Å². The maximum Gasteiger partial charge on any atom is 0.194 e. The molecule has 4 heterocycles. The van der Waals surface area contributed by atoms with Crippen LogP contribution in [0.5, 0.6) is 0 Å². The summed E-state index contributed by atoms with van der Waals surface area (Å²) in [5.74, 6) is 0. The number of aromatic nitrogens is 3. The maximum atomic E-state index is 13.6. The van der Waals surface area contributed by atoms with Crippen LogP contribution >= 0.6 is 0 Å². The minimum atomic E-state index is -0.102. The Morgan fingerprint density at radius 1 is 1.14 bits per heavy atom. The van der Waals surface area contributed by atoms with Crippen molar-refractivity contribution in [3.05, 3.63) is 100 Å². The van der Waals surface area contributed by atoms with Gasteiger partial charge in [-0.3, -0.25) is 19.7 Å². The summed E-state index contributed by atoms with van der Waals surface area (Å²) in [5.41, 5.74) is 4.64. The van der Waals surface area contributed by atoms with E-state index in [2.05, 4.69) is 31.9 Å². The monoisotopic (exact) mass is 499 g/mol. The maximum absolute atomic E-state index is 13.6. The molecule has 0 saturated carbocycles. The number of hydrogen-bond acceptors (Lipinski definition) is 7. The molecule has 1 aliphatic heterocycles. The summed E-state index contributed by atoms with van der Waals surface area (Å²) in [6.07, 6.45) is 9.45. The highest BCUT2D eigenvalue weighted by Gasteiger charge is 2.27. The van der Waals surface area contributed by atoms with Crippen molar-refractivity contribution in [2.75, 3.05) is 31.2 Å². The van der Waals surface area contributed by atoms with Crippen LogP contribution in [0.15, 0.2) is 78.1 Å². The number of nitrogens with zero attached hydrogens (tertiary/aromatic N) is 5. The van der Waals surface area contributed by atoms with Crippen molar-refractivity contribution >= 4 is 16.6 Å². The third kappa shape index (κ3) is 5.81. The van der Waals surface area contributed by atoms with Crippen LogP contribution in [0.1, 0.15) is 29.7 Å². The van der Waals surface area contributed by atoms with Crippen LogP contribution in [0.2, 0.25) is 0 Å². The minimum absolute atomic E-state index is 0.00952. The van der Waals surface area contributed by atoms with E-state index in [-0.39, 0.29) is 24.7 Å². The second-order valence-electron chi connectivity index (χ2n) is 9.55. The Labute approximate surface area is 216 Å². The second-order valence-corrected chi connectivity index (χ2v) is 9.55. The van der Waals surface area contributed by atoms with Gasteiger partial charge in [0, 0.05) is 61.3 Å². The molecule has 1 aliphatic rings. The number of para-hydroxylation sites is 1. The van der Waals surface area contributed by atoms with Gasteiger partial charge in [-0.05, 0) is 61.7 Å². The van der Waals surface area contributed by atoms with Gasteiger partial charge >= 0.3 is 0 Å². The van der Waals surface area contributed by atoms with Crippen LogP contribution in [0.3, 0.4) is 0 Å². The van der Waals surface area contributed by atoms with Crippen LogP contribution in [0.4, 0.5) is 5.69 Å². The summed E-state index contributed by atoms with van der Waals surface area (Å²) in [7, 11) is 0. The molecule has 1 atom stereocenters. The molecular weight excluding hydrogens is 466 g/mol. The molecule has 8 heteroatoms. The molecule has 0 aliphatic carbocycles. The Kier molecular flexibility index (Phi) is 7.77. The van der Waals surface area contributed by atoms with Gasteiger partial charge in [-0.25, -0.2) is 0 Å². The predicted octanol–water partition coefficient (Wildman–Crippen LogP) is 3.19. The Bertz CT molecular complexity index is 1390. The minimum Gasteiger partial charge on any atom is -0.411 e. The Morgan fingerprint density at radius 2 is 2.03 bits per heavy atom. The SMILES string of the molecule is Cc1cc(CN(Cc2cn(OCCO)c3ccccc3c2=O)[C@H]2CCCN(c3cccnc3)C2)ccn1. The number of aliphatic hydroxyl groups is 1. The van der Waals surface area contributed by atoms with E-state index in [1.807, 2.05) is 55.7 Å². The van der Waals surface area contributed by atoms with Crippen molar-refractivity contribution in [1.82, 2.24) is 19.6 Å². The Morgan fingerprint density at radius 3 is 2.84 bits per heavy atom. The molecule has 0 radical (unpaired) electrons. The van der Waals surface area contributed by atoms with E-state index < -0.39 is 0 Å². The molecule has 0 spiro atoms. The summed E-state index contributed by atoms with van der Waals surface area (Å²) >= 11 is 0. The van der Waals surface area contributed by atoms with Gasteiger partial charge in [0.2, 0.25) is 0 Å². The van der Waals surface area contributed by atoms with Crippen molar-refractivity contribution in [2.45, 2.75) is 38.9 Å². The predicted molar refractivity (Wildman–Crippen MR) is 144 cm³/mol. The first-order chi connectivity index (χ1) is 18.1. The first kappa shape index (κ1) is 24.9. The van der Waals surface area contributed by atoms with Crippen LogP contribution in [-0.2, 0) is 13.1 Å². The fourth-order valence-corrected chi connectivity index (χ4v) is 5.16. The summed E-state index contributed by atoms with van der Waals surface area (Å²) in [5, 5.41) is 9.93. The van der Waals surface area contributed by atoms with E-state index in [4.69, 9.17) is 4.84 Å². The van der Waals surface area contributed by atoms with Gasteiger partial charge in [-0.2, -0.15) is 4.73 Å². The second kappa shape index (κ2) is 11.5. The molecule has 1 saturated heterocycles. The molecule has 3 aromatic heterocycles. The molecule has 0 amide bonds. The molecule has 0 bridgehead atoms. The number of pyridine rings is 3. The fourth-order valence-electron chi connectivity index (χ4n) is 5.16. The van der Waals surface area contributed by atoms with E-state index >= 15 is 0 Å². The summed E-state index contributed by atoms with van der Waals surface area (Å²) in [6, 6.07) is 15.9. The number of fused-ring (bicyclic) bond motifs is 1. The van der Waals surface area contributed by atoms with E-state index in [1.54, 1.807) is 17.1 Å². The van der Waals surface area contributed by atoms with E-state index in [9.17, 15) is 9.90 Å². The van der Waals surface area contributed by atoms with Gasteiger partial charge in [0.15, 0.2) is 5.43 Å². The van der Waals surface area contributed by atoms with Gasteiger partial charge in [0.25, 0.3) is 0 Å². The van der Waals surface area contributed by atoms with Crippen LogP contribution in [-0.4, -0.2) is 57.0 Å². The average Bonchev–Trinajstić information content (AvgIpc) is 2.94. The lowest BCUT2D eigenvalue weighted by Gasteiger charge is -2.40. The zero-order chi connectivity index (χ0) is 25.6. The zero-order valence-corrected chi connectivity index (χ0v) is 21.2. The molecule has 4 aromatic rings. The quantitative estimate of drug-likeness (QED) is 0.379. The molecule has 1 aromatic carbocycles. The van der Waals surface area contributed by atoms with E-state index in [0.717, 1.165) is 37.3 Å². The number of aryl methyl sites for hydroxylation is 1. The van der Waals surface area contributed by atoms with Crippen LogP contribution in [0.25, 0.3) is 10.9 Å². The number of piperidine rings is 1. The Balaban J connectivity index is 1.49. The van der Waals surface area contributed by atoms with Crippen molar-refractivity contribution in [3.8, 4) is 0 Å². The highest BCUT2D eigenvalue weighted by molar-refractivity contribution is 5.79. The number of benzene rings is 1. The molecule has 5 rings (SSSR count). The molecule has 1 N–H and O–H groups in total. The van der Waals surface area contributed by atoms with Crippen LogP contribution in [0, 0.1) is 6.92 Å². The average molecular weight is 500 g/mol.